The van der Waals surface area contributed by atoms with Gasteiger partial charge in [0.05, 0.1) is 5.69 Å². The molecule has 196 valence electrons. The van der Waals surface area contributed by atoms with E-state index >= 15 is 0 Å². The van der Waals surface area contributed by atoms with Crippen LogP contribution in [0.1, 0.15) is 43.7 Å². The van der Waals surface area contributed by atoms with Crippen LogP contribution in [-0.4, -0.2) is 81.2 Å². The maximum absolute atomic E-state index is 10.6. The molecule has 2 aliphatic heterocycles. The molecule has 3 heterocycles. The van der Waals surface area contributed by atoms with Crippen LogP contribution in [-0.2, 0) is 16.1 Å². The monoisotopic (exact) mass is 505 g/mol. The Morgan fingerprint density at radius 1 is 0.971 bits per heavy atom. The van der Waals surface area contributed by atoms with E-state index in [9.17, 15) is 26.3 Å². The average Bonchev–Trinajstić information content (AvgIpc) is 3.34. The van der Waals surface area contributed by atoms with Crippen molar-refractivity contribution in [3.8, 4) is 0 Å². The number of carbonyl (C=O) groups is 2. The van der Waals surface area contributed by atoms with Gasteiger partial charge < -0.3 is 14.7 Å². The van der Waals surface area contributed by atoms with E-state index in [-0.39, 0.29) is 0 Å². The van der Waals surface area contributed by atoms with Gasteiger partial charge in [-0.05, 0) is 32.6 Å². The Morgan fingerprint density at radius 2 is 1.38 bits per heavy atom. The first-order chi connectivity index (χ1) is 15.4. The van der Waals surface area contributed by atoms with Crippen LogP contribution in [0.15, 0.2) is 4.52 Å². The Kier molecular flexibility index (Phi) is 10.4. The molecule has 2 unspecified atom stereocenters. The van der Waals surface area contributed by atoms with E-state index in [1.54, 1.807) is 0 Å². The largest absolute Gasteiger partial charge is 0.490 e. The molecule has 1 aromatic heterocycles. The molecule has 34 heavy (non-hydrogen) atoms. The first kappa shape index (κ1) is 29.7. The second-order valence-electron chi connectivity index (χ2n) is 8.48. The van der Waals surface area contributed by atoms with E-state index in [1.807, 2.05) is 6.92 Å². The average molecular weight is 505 g/mol. The molecule has 2 aliphatic rings. The molecule has 0 saturated carbocycles. The van der Waals surface area contributed by atoms with Crippen LogP contribution < -0.4 is 0 Å². The van der Waals surface area contributed by atoms with Crippen LogP contribution in [0.4, 0.5) is 26.3 Å². The van der Waals surface area contributed by atoms with E-state index in [0.717, 1.165) is 36.0 Å². The third-order valence-electron chi connectivity index (χ3n) is 5.43. The molecule has 3 rings (SSSR count). The number of aryl methyl sites for hydroxylation is 2. The second kappa shape index (κ2) is 11.9. The summed E-state index contributed by atoms with van der Waals surface area (Å²) in [5.41, 5.74) is 2.36. The third-order valence-corrected chi connectivity index (χ3v) is 5.43. The normalized spacial score (nSPS) is 20.9. The molecule has 2 saturated heterocycles. The molecule has 0 aromatic carbocycles. The number of carboxylic acids is 2. The molecular formula is C20H29F6N3O5. The third kappa shape index (κ3) is 8.78. The van der Waals surface area contributed by atoms with Crippen LogP contribution in [0, 0.1) is 19.8 Å². The number of carboxylic acid groups (broad SMARTS) is 2. The van der Waals surface area contributed by atoms with Crippen molar-refractivity contribution in [3.63, 3.8) is 0 Å². The lowest BCUT2D eigenvalue weighted by Crippen LogP contribution is -2.37. The van der Waals surface area contributed by atoms with Crippen LogP contribution in [0.3, 0.4) is 0 Å². The minimum atomic E-state index is -5.08. The minimum absolute atomic E-state index is 0.738. The van der Waals surface area contributed by atoms with Gasteiger partial charge in [0.2, 0.25) is 0 Å². The van der Waals surface area contributed by atoms with Gasteiger partial charge in [-0.2, -0.15) is 26.3 Å². The molecule has 8 nitrogen and oxygen atoms in total. The summed E-state index contributed by atoms with van der Waals surface area (Å²) in [6, 6.07) is 1.51. The fraction of sp³-hybridized carbons (Fsp3) is 0.750. The van der Waals surface area contributed by atoms with Crippen molar-refractivity contribution < 1.29 is 50.7 Å². The second-order valence-corrected chi connectivity index (χ2v) is 8.48. The predicted molar refractivity (Wildman–Crippen MR) is 107 cm³/mol. The van der Waals surface area contributed by atoms with Crippen molar-refractivity contribution in [2.45, 2.75) is 71.5 Å². The molecular weight excluding hydrogens is 476 g/mol. The van der Waals surface area contributed by atoms with Gasteiger partial charge in [-0.1, -0.05) is 19.0 Å². The van der Waals surface area contributed by atoms with Crippen molar-refractivity contribution in [1.29, 1.82) is 0 Å². The Hall–Kier alpha value is -2.35. The van der Waals surface area contributed by atoms with E-state index < -0.39 is 24.3 Å². The van der Waals surface area contributed by atoms with E-state index in [2.05, 4.69) is 35.7 Å². The molecule has 0 bridgehead atoms. The van der Waals surface area contributed by atoms with Crippen LogP contribution >= 0.6 is 0 Å². The number of halogens is 6. The SMILES string of the molecule is Cc1noc(C)c1CN1CCC2C1CCN2CC(C)C.O=C(O)C(F)(F)F.O=C(O)C(F)(F)F. The summed E-state index contributed by atoms with van der Waals surface area (Å²) in [6.07, 6.45) is -7.53. The van der Waals surface area contributed by atoms with Crippen molar-refractivity contribution >= 4 is 11.9 Å². The van der Waals surface area contributed by atoms with Gasteiger partial charge in [0.25, 0.3) is 0 Å². The number of aliphatic carboxylic acids is 2. The topological polar surface area (TPSA) is 107 Å². The highest BCUT2D eigenvalue weighted by Crippen LogP contribution is 2.33. The van der Waals surface area contributed by atoms with Crippen molar-refractivity contribution in [2.75, 3.05) is 19.6 Å². The lowest BCUT2D eigenvalue weighted by atomic mass is 10.1. The van der Waals surface area contributed by atoms with Gasteiger partial charge in [-0.3, -0.25) is 9.80 Å². The molecule has 0 radical (unpaired) electrons. The minimum Gasteiger partial charge on any atom is -0.475 e. The molecule has 0 spiro atoms. The highest BCUT2D eigenvalue weighted by Gasteiger charge is 2.42. The van der Waals surface area contributed by atoms with Gasteiger partial charge in [0.1, 0.15) is 5.76 Å². The number of aromatic nitrogens is 1. The van der Waals surface area contributed by atoms with E-state index in [0.29, 0.717) is 0 Å². The summed E-state index contributed by atoms with van der Waals surface area (Å²) in [5.74, 6) is -3.76. The molecule has 2 N–H and O–H groups in total. The molecule has 14 heteroatoms. The van der Waals surface area contributed by atoms with Gasteiger partial charge in [-0.15, -0.1) is 0 Å². The van der Waals surface area contributed by atoms with Gasteiger partial charge in [-0.25, -0.2) is 9.59 Å². The molecule has 1 aromatic rings. The summed E-state index contributed by atoms with van der Waals surface area (Å²) in [7, 11) is 0. The highest BCUT2D eigenvalue weighted by atomic mass is 19.4. The maximum atomic E-state index is 10.6. The van der Waals surface area contributed by atoms with Crippen LogP contribution in [0.2, 0.25) is 0 Å². The number of likely N-dealkylation sites (tertiary alicyclic amines) is 2. The Labute approximate surface area is 192 Å². The number of hydrogen-bond donors (Lipinski definition) is 2. The lowest BCUT2D eigenvalue weighted by Gasteiger charge is -2.26. The standard InChI is InChI=1S/C16H27N3O.2C2HF3O2/c1-11(2)9-18-7-5-16-15(18)6-8-19(16)10-14-12(3)17-20-13(14)4;2*3-2(4,5)1(6)7/h11,15-16H,5-10H2,1-4H3;2*(H,6,7). The van der Waals surface area contributed by atoms with E-state index in [4.69, 9.17) is 24.3 Å². The fourth-order valence-electron chi connectivity index (χ4n) is 3.99. The summed E-state index contributed by atoms with van der Waals surface area (Å²) >= 11 is 0. The molecule has 2 fully saturated rings. The Balaban J connectivity index is 0.000000343. The Morgan fingerprint density at radius 3 is 1.74 bits per heavy atom. The Bertz CT molecular complexity index is 781. The zero-order chi connectivity index (χ0) is 26.4. The summed E-state index contributed by atoms with van der Waals surface area (Å²) < 4.78 is 68.8. The quantitative estimate of drug-likeness (QED) is 0.595. The molecule has 0 aliphatic carbocycles. The summed E-state index contributed by atoms with van der Waals surface area (Å²) in [5, 5.41) is 18.3. The van der Waals surface area contributed by atoms with Gasteiger partial charge in [0.15, 0.2) is 0 Å². The zero-order valence-corrected chi connectivity index (χ0v) is 19.2. The van der Waals surface area contributed by atoms with Crippen LogP contribution in [0.5, 0.6) is 0 Å². The lowest BCUT2D eigenvalue weighted by molar-refractivity contribution is -0.193. The molecule has 0 amide bonds. The van der Waals surface area contributed by atoms with Crippen LogP contribution in [0.25, 0.3) is 0 Å². The van der Waals surface area contributed by atoms with Crippen molar-refractivity contribution in [3.05, 3.63) is 17.0 Å². The first-order valence-corrected chi connectivity index (χ1v) is 10.4. The number of nitrogens with zero attached hydrogens (tertiary/aromatic N) is 3. The highest BCUT2D eigenvalue weighted by molar-refractivity contribution is 5.73. The fourth-order valence-corrected chi connectivity index (χ4v) is 3.99. The van der Waals surface area contributed by atoms with Gasteiger partial charge >= 0.3 is 24.3 Å². The molecule has 2 atom stereocenters. The smallest absolute Gasteiger partial charge is 0.475 e. The number of rotatable bonds is 4. The summed E-state index contributed by atoms with van der Waals surface area (Å²) in [6.45, 7) is 13.5. The van der Waals surface area contributed by atoms with Gasteiger partial charge in [0, 0.05) is 43.8 Å². The summed E-state index contributed by atoms with van der Waals surface area (Å²) in [4.78, 5) is 23.2. The number of hydrogen-bond acceptors (Lipinski definition) is 6. The number of alkyl halides is 6. The predicted octanol–water partition coefficient (Wildman–Crippen LogP) is 3.86. The zero-order valence-electron chi connectivity index (χ0n) is 19.2. The maximum Gasteiger partial charge on any atom is 0.490 e. The van der Waals surface area contributed by atoms with Crippen molar-refractivity contribution in [2.24, 2.45) is 5.92 Å². The number of fused-ring (bicyclic) bond motifs is 1. The first-order valence-electron chi connectivity index (χ1n) is 10.4. The van der Waals surface area contributed by atoms with E-state index in [1.165, 1.54) is 38.0 Å². The van der Waals surface area contributed by atoms with Crippen molar-refractivity contribution in [1.82, 2.24) is 15.0 Å².